The molecule has 1 aliphatic rings. The molecule has 83 heavy (non-hydrogen) atoms. The molecular formula is C74H143NO8. The molecule has 9 nitrogen and oxygen atoms in total. The number of rotatable bonds is 66. The van der Waals surface area contributed by atoms with Crippen molar-refractivity contribution in [2.24, 2.45) is 0 Å². The molecule has 1 amide bonds. The van der Waals surface area contributed by atoms with Crippen molar-refractivity contribution in [1.82, 2.24) is 5.32 Å². The number of aliphatic hydroxyl groups excluding tert-OH is 5. The molecule has 7 atom stereocenters. The molecule has 492 valence electrons. The highest BCUT2D eigenvalue weighted by atomic mass is 16.7. The summed E-state index contributed by atoms with van der Waals surface area (Å²) in [4.78, 5) is 13.1. The van der Waals surface area contributed by atoms with E-state index in [1.165, 1.54) is 327 Å². The first-order valence-corrected chi connectivity index (χ1v) is 37.1. The summed E-state index contributed by atoms with van der Waals surface area (Å²) in [6.07, 6.45) is 77.4. The molecular weight excluding hydrogens is 1030 g/mol. The zero-order valence-electron chi connectivity index (χ0n) is 55.2. The van der Waals surface area contributed by atoms with Crippen molar-refractivity contribution in [3.63, 3.8) is 0 Å². The lowest BCUT2D eigenvalue weighted by Crippen LogP contribution is -2.60. The van der Waals surface area contributed by atoms with Gasteiger partial charge in [0.1, 0.15) is 24.4 Å². The molecule has 7 unspecified atom stereocenters. The maximum absolute atomic E-state index is 13.1. The fourth-order valence-electron chi connectivity index (χ4n) is 12.2. The van der Waals surface area contributed by atoms with E-state index in [0.29, 0.717) is 6.42 Å². The topological polar surface area (TPSA) is 149 Å². The van der Waals surface area contributed by atoms with Gasteiger partial charge in [-0.05, 0) is 44.9 Å². The van der Waals surface area contributed by atoms with E-state index in [1.54, 1.807) is 6.08 Å². The van der Waals surface area contributed by atoms with Crippen molar-refractivity contribution in [2.75, 3.05) is 13.2 Å². The number of unbranched alkanes of at least 4 members (excludes halogenated alkanes) is 54. The first kappa shape index (κ1) is 79.7. The molecule has 1 aliphatic heterocycles. The van der Waals surface area contributed by atoms with Crippen LogP contribution >= 0.6 is 0 Å². The van der Waals surface area contributed by atoms with Gasteiger partial charge in [-0.15, -0.1) is 0 Å². The lowest BCUT2D eigenvalue weighted by molar-refractivity contribution is -0.302. The van der Waals surface area contributed by atoms with Crippen LogP contribution in [0.4, 0.5) is 0 Å². The summed E-state index contributed by atoms with van der Waals surface area (Å²) in [5.41, 5.74) is 0. The van der Waals surface area contributed by atoms with E-state index < -0.39 is 49.5 Å². The maximum Gasteiger partial charge on any atom is 0.220 e. The molecule has 6 N–H and O–H groups in total. The molecule has 0 radical (unpaired) electrons. The van der Waals surface area contributed by atoms with Crippen molar-refractivity contribution < 1.29 is 39.8 Å². The minimum atomic E-state index is -1.57. The Kier molecular flexibility index (Phi) is 61.1. The Balaban J connectivity index is 2.07. The van der Waals surface area contributed by atoms with Crippen LogP contribution in [-0.2, 0) is 14.3 Å². The lowest BCUT2D eigenvalue weighted by Gasteiger charge is -2.40. The SMILES string of the molecule is CCCCCCCCCCCCCCCCCC/C=C\CCCCCCCCCCCCCCCCCCCC(=O)NC(COC1OC(CO)C(O)C(O)C1O)C(O)/C=C/CCCCCCCCCCCCCCCCCCCCCCC. The Morgan fingerprint density at radius 3 is 0.976 bits per heavy atom. The van der Waals surface area contributed by atoms with Crippen LogP contribution in [0.15, 0.2) is 24.3 Å². The quantitative estimate of drug-likeness (QED) is 0.0261. The highest BCUT2D eigenvalue weighted by Crippen LogP contribution is 2.24. The van der Waals surface area contributed by atoms with Crippen LogP contribution < -0.4 is 5.32 Å². The Hall–Kier alpha value is -1.33. The molecule has 0 spiro atoms. The minimum absolute atomic E-state index is 0.168. The van der Waals surface area contributed by atoms with Gasteiger partial charge < -0.3 is 40.3 Å². The van der Waals surface area contributed by atoms with Gasteiger partial charge in [0.05, 0.1) is 25.4 Å². The largest absolute Gasteiger partial charge is 0.394 e. The number of carbonyl (C=O) groups excluding carboxylic acids is 1. The molecule has 1 rings (SSSR count). The van der Waals surface area contributed by atoms with Gasteiger partial charge in [0.25, 0.3) is 0 Å². The van der Waals surface area contributed by atoms with E-state index in [4.69, 9.17) is 9.47 Å². The van der Waals surface area contributed by atoms with E-state index >= 15 is 0 Å². The molecule has 0 aromatic heterocycles. The highest BCUT2D eigenvalue weighted by molar-refractivity contribution is 5.76. The van der Waals surface area contributed by atoms with E-state index in [-0.39, 0.29) is 12.5 Å². The van der Waals surface area contributed by atoms with Crippen LogP contribution in [0.3, 0.4) is 0 Å². The fourth-order valence-corrected chi connectivity index (χ4v) is 12.2. The van der Waals surface area contributed by atoms with Gasteiger partial charge in [0, 0.05) is 6.42 Å². The summed E-state index contributed by atoms with van der Waals surface area (Å²) in [6, 6.07) is -0.804. The molecule has 0 aliphatic carbocycles. The first-order valence-electron chi connectivity index (χ1n) is 37.1. The standard InChI is InChI=1S/C74H143NO8/c1-3-5-7-9-11-13-15-17-19-21-23-25-27-28-29-30-31-32-33-34-35-36-37-38-39-40-42-44-46-48-50-52-54-56-58-60-62-64-70(78)75-67(66-82-74-73(81)72(80)71(79)69(65-76)83-74)68(77)63-61-59-57-55-53-51-49-47-45-43-41-26-24-22-20-18-16-14-12-10-8-6-4-2/h32-33,61,63,67-69,71-74,76-77,79-81H,3-31,34-60,62,64-66H2,1-2H3,(H,75,78)/b33-32-,63-61+. The third-order valence-corrected chi connectivity index (χ3v) is 18.0. The van der Waals surface area contributed by atoms with E-state index in [1.807, 2.05) is 6.08 Å². The molecule has 1 saturated heterocycles. The van der Waals surface area contributed by atoms with Crippen molar-refractivity contribution in [3.05, 3.63) is 24.3 Å². The van der Waals surface area contributed by atoms with Gasteiger partial charge in [-0.1, -0.05) is 359 Å². The number of amides is 1. The Bertz CT molecular complexity index is 1360. The predicted molar refractivity (Wildman–Crippen MR) is 355 cm³/mol. The molecule has 0 aromatic carbocycles. The average Bonchev–Trinajstić information content (AvgIpc) is 3.60. The number of ether oxygens (including phenoxy) is 2. The molecule has 0 aromatic rings. The summed E-state index contributed by atoms with van der Waals surface area (Å²) in [6.45, 7) is 3.84. The van der Waals surface area contributed by atoms with Gasteiger partial charge in [-0.2, -0.15) is 0 Å². The number of allylic oxidation sites excluding steroid dienone is 3. The Morgan fingerprint density at radius 1 is 0.398 bits per heavy atom. The highest BCUT2D eigenvalue weighted by Gasteiger charge is 2.44. The van der Waals surface area contributed by atoms with Gasteiger partial charge in [0.15, 0.2) is 6.29 Å². The van der Waals surface area contributed by atoms with Crippen LogP contribution in [-0.4, -0.2) is 87.5 Å². The van der Waals surface area contributed by atoms with Gasteiger partial charge in [-0.25, -0.2) is 0 Å². The monoisotopic (exact) mass is 1170 g/mol. The molecule has 0 bridgehead atoms. The summed E-state index contributed by atoms with van der Waals surface area (Å²) in [5, 5.41) is 54.8. The zero-order valence-corrected chi connectivity index (χ0v) is 55.2. The van der Waals surface area contributed by atoms with Crippen LogP contribution in [0.1, 0.15) is 386 Å². The van der Waals surface area contributed by atoms with Gasteiger partial charge in [-0.3, -0.25) is 4.79 Å². The Morgan fingerprint density at radius 2 is 0.675 bits per heavy atom. The smallest absolute Gasteiger partial charge is 0.220 e. The number of nitrogens with one attached hydrogen (secondary N) is 1. The molecule has 1 heterocycles. The molecule has 9 heteroatoms. The van der Waals surface area contributed by atoms with Gasteiger partial charge >= 0.3 is 0 Å². The number of hydrogen-bond acceptors (Lipinski definition) is 8. The van der Waals surface area contributed by atoms with Crippen molar-refractivity contribution >= 4 is 5.91 Å². The van der Waals surface area contributed by atoms with Crippen molar-refractivity contribution in [2.45, 2.75) is 429 Å². The third kappa shape index (κ3) is 52.3. The lowest BCUT2D eigenvalue weighted by atomic mass is 9.99. The van der Waals surface area contributed by atoms with Gasteiger partial charge in [0.2, 0.25) is 5.91 Å². The normalized spacial score (nSPS) is 18.3. The molecule has 0 saturated carbocycles. The number of hydrogen-bond donors (Lipinski definition) is 6. The predicted octanol–water partition coefficient (Wildman–Crippen LogP) is 20.4. The van der Waals surface area contributed by atoms with Crippen LogP contribution in [0.25, 0.3) is 0 Å². The van der Waals surface area contributed by atoms with Crippen LogP contribution in [0, 0.1) is 0 Å². The summed E-state index contributed by atoms with van der Waals surface area (Å²) in [7, 11) is 0. The summed E-state index contributed by atoms with van der Waals surface area (Å²) >= 11 is 0. The van der Waals surface area contributed by atoms with Crippen molar-refractivity contribution in [1.29, 1.82) is 0 Å². The second kappa shape index (κ2) is 63.7. The van der Waals surface area contributed by atoms with E-state index in [0.717, 1.165) is 38.5 Å². The summed E-state index contributed by atoms with van der Waals surface area (Å²) < 4.78 is 11.3. The first-order chi connectivity index (χ1) is 40.8. The second-order valence-corrected chi connectivity index (χ2v) is 26.1. The molecule has 1 fully saturated rings. The zero-order chi connectivity index (χ0) is 60.0. The van der Waals surface area contributed by atoms with Crippen LogP contribution in [0.2, 0.25) is 0 Å². The minimum Gasteiger partial charge on any atom is -0.394 e. The fraction of sp³-hybridized carbons (Fsp3) is 0.932. The third-order valence-electron chi connectivity index (χ3n) is 18.0. The van der Waals surface area contributed by atoms with Crippen molar-refractivity contribution in [3.8, 4) is 0 Å². The van der Waals surface area contributed by atoms with Crippen LogP contribution in [0.5, 0.6) is 0 Å². The van der Waals surface area contributed by atoms with E-state index in [2.05, 4.69) is 31.3 Å². The summed E-state index contributed by atoms with van der Waals surface area (Å²) in [5.74, 6) is -0.168. The number of aliphatic hydroxyl groups is 5. The Labute approximate surface area is 515 Å². The maximum atomic E-state index is 13.1. The second-order valence-electron chi connectivity index (χ2n) is 26.1. The van der Waals surface area contributed by atoms with E-state index in [9.17, 15) is 30.3 Å². The average molecular weight is 1170 g/mol. The number of carbonyl (C=O) groups is 1.